The van der Waals surface area contributed by atoms with Crippen LogP contribution in [0.1, 0.15) is 25.3 Å². The third kappa shape index (κ3) is 5.41. The fraction of sp³-hybridized carbons (Fsp3) is 0.500. The van der Waals surface area contributed by atoms with Crippen molar-refractivity contribution in [3.05, 3.63) is 29.6 Å². The smallest absolute Gasteiger partial charge is 0.414 e. The van der Waals surface area contributed by atoms with Crippen LogP contribution in [0.15, 0.2) is 18.2 Å². The topological polar surface area (TPSA) is 132 Å². The summed E-state index contributed by atoms with van der Waals surface area (Å²) in [4.78, 5) is 41.0. The molecule has 2 aliphatic heterocycles. The molecule has 3 amide bonds. The van der Waals surface area contributed by atoms with E-state index in [1.807, 2.05) is 10.2 Å². The fourth-order valence-corrected chi connectivity index (χ4v) is 3.98. The molecule has 0 saturated carbocycles. The lowest BCUT2D eigenvalue weighted by molar-refractivity contribution is -0.136. The van der Waals surface area contributed by atoms with Crippen LogP contribution in [0.5, 0.6) is 0 Å². The number of piperidine rings is 1. The number of likely N-dealkylation sites (tertiary alicyclic amines) is 1. The number of nitrogens with one attached hydrogen (secondary N) is 2. The molecule has 2 saturated heterocycles. The molecular formula is C20H27FN6O4. The minimum Gasteiger partial charge on any atom is -0.444 e. The van der Waals surface area contributed by atoms with Crippen LogP contribution in [0.25, 0.3) is 0 Å². The Kier molecular flexibility index (Phi) is 6.93. The van der Waals surface area contributed by atoms with Crippen molar-refractivity contribution >= 4 is 29.6 Å². The Labute approximate surface area is 179 Å². The minimum atomic E-state index is -0.947. The molecule has 2 heterocycles. The molecule has 4 N–H and O–H groups in total. The molecule has 0 bridgehead atoms. The van der Waals surface area contributed by atoms with E-state index in [9.17, 15) is 18.8 Å². The number of guanidine groups is 1. The largest absolute Gasteiger partial charge is 0.444 e. The van der Waals surface area contributed by atoms with Gasteiger partial charge in [-0.25, -0.2) is 9.18 Å². The summed E-state index contributed by atoms with van der Waals surface area (Å²) >= 11 is 0. The molecule has 0 unspecified atom stereocenters. The average Bonchev–Trinajstić information content (AvgIpc) is 2.72. The van der Waals surface area contributed by atoms with Crippen molar-refractivity contribution in [1.29, 1.82) is 5.41 Å². The first-order valence-electron chi connectivity index (χ1n) is 10.1. The monoisotopic (exact) mass is 434 g/mol. The van der Waals surface area contributed by atoms with E-state index >= 15 is 0 Å². The van der Waals surface area contributed by atoms with Gasteiger partial charge in [0.25, 0.3) is 0 Å². The van der Waals surface area contributed by atoms with Crippen molar-refractivity contribution in [3.63, 3.8) is 0 Å². The van der Waals surface area contributed by atoms with Crippen LogP contribution in [-0.4, -0.2) is 72.4 Å². The van der Waals surface area contributed by atoms with Crippen molar-refractivity contribution in [2.24, 2.45) is 5.73 Å². The Balaban J connectivity index is 1.60. The van der Waals surface area contributed by atoms with Crippen molar-refractivity contribution in [2.75, 3.05) is 37.6 Å². The van der Waals surface area contributed by atoms with Gasteiger partial charge in [-0.2, -0.15) is 0 Å². The highest BCUT2D eigenvalue weighted by molar-refractivity contribution is 5.90. The molecule has 2 fully saturated rings. The van der Waals surface area contributed by atoms with Gasteiger partial charge in [-0.3, -0.25) is 20.3 Å². The number of alkyl carbamates (subject to hydrolysis) is 1. The predicted molar refractivity (Wildman–Crippen MR) is 111 cm³/mol. The molecular weight excluding hydrogens is 407 g/mol. The summed E-state index contributed by atoms with van der Waals surface area (Å²) in [5.74, 6) is -1.15. The maximum absolute atomic E-state index is 15.0. The standard InChI is InChI=1S/C20H27FN6O4/c1-13(28)25-7-5-15(6-8-25)27-10-9-26(11-17(27)29)16-4-2-3-14(18(16)21)12-31-20(30)24-19(22)23/h2-4,15H,5-12H2,1H3,(H4,22,23,24,30). The van der Waals surface area contributed by atoms with E-state index in [1.54, 1.807) is 28.9 Å². The van der Waals surface area contributed by atoms with Gasteiger partial charge in [-0.1, -0.05) is 12.1 Å². The number of benzene rings is 1. The molecule has 1 aromatic carbocycles. The first-order valence-corrected chi connectivity index (χ1v) is 10.1. The van der Waals surface area contributed by atoms with Gasteiger partial charge < -0.3 is 25.2 Å². The summed E-state index contributed by atoms with van der Waals surface area (Å²) in [6, 6.07) is 4.80. The van der Waals surface area contributed by atoms with Gasteiger partial charge in [-0.15, -0.1) is 0 Å². The Bertz CT molecular complexity index is 871. The summed E-state index contributed by atoms with van der Waals surface area (Å²) < 4.78 is 19.9. The maximum atomic E-state index is 15.0. The summed E-state index contributed by atoms with van der Waals surface area (Å²) in [5.41, 5.74) is 5.48. The van der Waals surface area contributed by atoms with E-state index in [0.717, 1.165) is 12.8 Å². The van der Waals surface area contributed by atoms with E-state index in [0.29, 0.717) is 26.2 Å². The normalized spacial score (nSPS) is 17.5. The summed E-state index contributed by atoms with van der Waals surface area (Å²) in [7, 11) is 0. The van der Waals surface area contributed by atoms with Crippen molar-refractivity contribution in [3.8, 4) is 0 Å². The van der Waals surface area contributed by atoms with Crippen LogP contribution in [0.3, 0.4) is 0 Å². The van der Waals surface area contributed by atoms with Crippen LogP contribution in [0.4, 0.5) is 14.9 Å². The maximum Gasteiger partial charge on any atom is 0.414 e. The molecule has 0 spiro atoms. The zero-order valence-electron chi connectivity index (χ0n) is 17.4. The number of nitrogens with zero attached hydrogens (tertiary/aromatic N) is 3. The Morgan fingerprint density at radius 2 is 1.97 bits per heavy atom. The van der Waals surface area contributed by atoms with Gasteiger partial charge in [-0.05, 0) is 18.9 Å². The van der Waals surface area contributed by atoms with E-state index < -0.39 is 17.9 Å². The molecule has 168 valence electrons. The number of rotatable bonds is 4. The van der Waals surface area contributed by atoms with Gasteiger partial charge in [0.15, 0.2) is 11.8 Å². The summed E-state index contributed by atoms with van der Waals surface area (Å²) in [5, 5.41) is 8.94. The number of piperazine rings is 1. The Morgan fingerprint density at radius 1 is 1.26 bits per heavy atom. The van der Waals surface area contributed by atoms with E-state index in [4.69, 9.17) is 15.9 Å². The molecule has 0 atom stereocenters. The molecule has 1 aromatic rings. The zero-order chi connectivity index (χ0) is 22.5. The van der Waals surface area contributed by atoms with Crippen LogP contribution in [0.2, 0.25) is 0 Å². The lowest BCUT2D eigenvalue weighted by atomic mass is 10.0. The quantitative estimate of drug-likeness (QED) is 0.470. The first-order chi connectivity index (χ1) is 14.8. The van der Waals surface area contributed by atoms with E-state index in [2.05, 4.69) is 0 Å². The van der Waals surface area contributed by atoms with Gasteiger partial charge in [0.05, 0.1) is 12.2 Å². The fourth-order valence-electron chi connectivity index (χ4n) is 3.98. The number of anilines is 1. The van der Waals surface area contributed by atoms with Gasteiger partial charge >= 0.3 is 6.09 Å². The Morgan fingerprint density at radius 3 is 2.58 bits per heavy atom. The van der Waals surface area contributed by atoms with Crippen LogP contribution in [0, 0.1) is 11.2 Å². The number of carbonyl (C=O) groups is 3. The van der Waals surface area contributed by atoms with Gasteiger partial charge in [0, 0.05) is 44.7 Å². The second-order valence-corrected chi connectivity index (χ2v) is 7.61. The number of hydrogen-bond acceptors (Lipinski definition) is 6. The van der Waals surface area contributed by atoms with Gasteiger partial charge in [0.1, 0.15) is 6.61 Å². The molecule has 31 heavy (non-hydrogen) atoms. The number of ether oxygens (including phenoxy) is 1. The second kappa shape index (κ2) is 9.63. The average molecular weight is 434 g/mol. The number of nitrogens with two attached hydrogens (primary N) is 1. The number of amides is 3. The molecule has 11 heteroatoms. The number of halogens is 1. The second-order valence-electron chi connectivity index (χ2n) is 7.61. The first kappa shape index (κ1) is 22.3. The van der Waals surface area contributed by atoms with E-state index in [-0.39, 0.29) is 42.3 Å². The van der Waals surface area contributed by atoms with Crippen LogP contribution >= 0.6 is 0 Å². The minimum absolute atomic E-state index is 0.0488. The predicted octanol–water partition coefficient (Wildman–Crippen LogP) is 0.605. The molecule has 0 aliphatic carbocycles. The molecule has 2 aliphatic rings. The summed E-state index contributed by atoms with van der Waals surface area (Å²) in [6.45, 7) is 3.51. The third-order valence-corrected chi connectivity index (χ3v) is 5.60. The highest BCUT2D eigenvalue weighted by Gasteiger charge is 2.33. The molecule has 0 aromatic heterocycles. The lowest BCUT2D eigenvalue weighted by Gasteiger charge is -2.43. The van der Waals surface area contributed by atoms with Crippen LogP contribution in [-0.2, 0) is 20.9 Å². The van der Waals surface area contributed by atoms with Crippen molar-refractivity contribution < 1.29 is 23.5 Å². The van der Waals surface area contributed by atoms with Crippen molar-refractivity contribution in [2.45, 2.75) is 32.4 Å². The molecule has 3 rings (SSSR count). The highest BCUT2D eigenvalue weighted by Crippen LogP contribution is 2.26. The van der Waals surface area contributed by atoms with Gasteiger partial charge in [0.2, 0.25) is 11.8 Å². The molecule has 0 radical (unpaired) electrons. The van der Waals surface area contributed by atoms with Crippen LogP contribution < -0.4 is 16.0 Å². The summed E-state index contributed by atoms with van der Waals surface area (Å²) in [6.07, 6.45) is 0.542. The number of carbonyl (C=O) groups excluding carboxylic acids is 3. The SMILES string of the molecule is CC(=O)N1CCC(N2CCN(c3cccc(COC(=O)NC(=N)N)c3F)CC2=O)CC1. The van der Waals surface area contributed by atoms with E-state index in [1.165, 1.54) is 6.07 Å². The van der Waals surface area contributed by atoms with Crippen molar-refractivity contribution in [1.82, 2.24) is 15.1 Å². The molecule has 10 nitrogen and oxygen atoms in total. The Hall–Kier alpha value is -3.37. The third-order valence-electron chi connectivity index (χ3n) is 5.60. The zero-order valence-corrected chi connectivity index (χ0v) is 17.4. The number of hydrogen-bond donors (Lipinski definition) is 3. The highest BCUT2D eigenvalue weighted by atomic mass is 19.1. The lowest BCUT2D eigenvalue weighted by Crippen LogP contribution is -2.56.